The van der Waals surface area contributed by atoms with Crippen molar-refractivity contribution < 1.29 is 27.8 Å². The van der Waals surface area contributed by atoms with E-state index in [-0.39, 0.29) is 29.6 Å². The van der Waals surface area contributed by atoms with Gasteiger partial charge in [0.1, 0.15) is 5.75 Å². The Labute approximate surface area is 207 Å². The first-order chi connectivity index (χ1) is 16.3. The molecule has 2 aromatic rings. The summed E-state index contributed by atoms with van der Waals surface area (Å²) in [5.41, 5.74) is 15.3. The molecule has 35 heavy (non-hydrogen) atoms. The van der Waals surface area contributed by atoms with Crippen molar-refractivity contribution in [1.29, 1.82) is 0 Å². The molecule has 0 radical (unpaired) electrons. The van der Waals surface area contributed by atoms with Crippen molar-refractivity contribution in [2.45, 2.75) is 61.5 Å². The summed E-state index contributed by atoms with van der Waals surface area (Å²) >= 11 is 0. The van der Waals surface area contributed by atoms with Crippen LogP contribution in [0.3, 0.4) is 0 Å². The van der Waals surface area contributed by atoms with Crippen LogP contribution in [0.25, 0.3) is 0 Å². The summed E-state index contributed by atoms with van der Waals surface area (Å²) in [6.45, 7) is 4.39. The van der Waals surface area contributed by atoms with Gasteiger partial charge in [-0.05, 0) is 67.5 Å². The summed E-state index contributed by atoms with van der Waals surface area (Å²) in [6.07, 6.45) is -0.202. The maximum Gasteiger partial charge on any atom is 0.406 e. The lowest BCUT2D eigenvalue weighted by atomic mass is 9.80. The zero-order valence-corrected chi connectivity index (χ0v) is 21.4. The van der Waals surface area contributed by atoms with Crippen LogP contribution in [0.1, 0.15) is 45.1 Å². The molecule has 0 saturated carbocycles. The number of nitrogens with two attached hydrogens (primary N) is 3. The topological polar surface area (TPSA) is 168 Å². The van der Waals surface area contributed by atoms with E-state index in [9.17, 15) is 18.3 Å². The second-order valence-electron chi connectivity index (χ2n) is 9.49. The molecule has 0 bridgehead atoms. The maximum atomic E-state index is 14.0. The van der Waals surface area contributed by atoms with Crippen LogP contribution in [-0.2, 0) is 21.0 Å². The molecule has 1 amide bonds. The van der Waals surface area contributed by atoms with E-state index in [0.717, 1.165) is 6.42 Å². The second-order valence-corrected chi connectivity index (χ2v) is 11.6. The number of amides is 1. The molecule has 2 rings (SSSR count). The number of primary amides is 1. The van der Waals surface area contributed by atoms with Gasteiger partial charge in [-0.25, -0.2) is 13.2 Å². The Morgan fingerprint density at radius 2 is 1.60 bits per heavy atom. The van der Waals surface area contributed by atoms with Crippen LogP contribution in [0.5, 0.6) is 5.75 Å². The van der Waals surface area contributed by atoms with E-state index in [2.05, 4.69) is 0 Å². The minimum Gasteiger partial charge on any atom is -0.497 e. The molecule has 2 aromatic carbocycles. The number of carbonyl (C=O) groups excluding carboxylic acids is 1. The average molecular weight is 508 g/mol. The fourth-order valence-electron chi connectivity index (χ4n) is 4.07. The summed E-state index contributed by atoms with van der Waals surface area (Å²) in [6, 6.07) is 14.2. The van der Waals surface area contributed by atoms with Gasteiger partial charge in [-0.1, -0.05) is 44.2 Å². The molecule has 0 heterocycles. The Bertz CT molecular complexity index is 1080. The number of hydrogen-bond donors (Lipinski definition) is 4. The van der Waals surface area contributed by atoms with Gasteiger partial charge in [0.2, 0.25) is 20.5 Å². The van der Waals surface area contributed by atoms with Crippen molar-refractivity contribution in [2.75, 3.05) is 13.7 Å². The normalized spacial score (nSPS) is 15.6. The fourth-order valence-corrected chi connectivity index (χ4v) is 5.89. The highest BCUT2D eigenvalue weighted by molar-refractivity contribution is 7.92. The molecule has 0 aliphatic carbocycles. The number of hydrogen-bond acceptors (Lipinski definition) is 8. The molecule has 0 aliphatic heterocycles. The molecule has 0 fully saturated rings. The van der Waals surface area contributed by atoms with Crippen molar-refractivity contribution in [3.63, 3.8) is 0 Å². The summed E-state index contributed by atoms with van der Waals surface area (Å²) < 4.78 is 38.3. The van der Waals surface area contributed by atoms with E-state index in [1.807, 2.05) is 13.8 Å². The molecular formula is C25H37N3O6S. The number of sulfone groups is 1. The maximum absolute atomic E-state index is 14.0. The van der Waals surface area contributed by atoms with Gasteiger partial charge in [-0.15, -0.1) is 0 Å². The Morgan fingerprint density at radius 3 is 2.11 bits per heavy atom. The molecule has 0 unspecified atom stereocenters. The largest absolute Gasteiger partial charge is 0.497 e. The first kappa shape index (κ1) is 28.6. The number of rotatable bonds is 13. The highest BCUT2D eigenvalue weighted by atomic mass is 32.2. The van der Waals surface area contributed by atoms with Gasteiger partial charge < -0.3 is 26.0 Å². The Balaban J connectivity index is 2.65. The molecule has 10 heteroatoms. The van der Waals surface area contributed by atoms with Gasteiger partial charge in [0, 0.05) is 6.42 Å². The van der Waals surface area contributed by atoms with Crippen LogP contribution in [-0.4, -0.2) is 43.9 Å². The van der Waals surface area contributed by atoms with Gasteiger partial charge in [0.05, 0.1) is 12.0 Å². The molecule has 0 aliphatic rings. The first-order valence-electron chi connectivity index (χ1n) is 11.4. The summed E-state index contributed by atoms with van der Waals surface area (Å²) in [5.74, 6) is 0.437. The van der Waals surface area contributed by atoms with E-state index in [4.69, 9.17) is 26.7 Å². The highest BCUT2D eigenvalue weighted by Crippen LogP contribution is 2.42. The molecule has 0 aromatic heterocycles. The number of benzene rings is 2. The van der Waals surface area contributed by atoms with Crippen LogP contribution in [0.2, 0.25) is 0 Å². The van der Waals surface area contributed by atoms with Gasteiger partial charge in [-0.3, -0.25) is 5.73 Å². The Morgan fingerprint density at radius 1 is 1.00 bits per heavy atom. The molecule has 7 N–H and O–H groups in total. The van der Waals surface area contributed by atoms with Gasteiger partial charge in [-0.2, -0.15) is 0 Å². The number of ether oxygens (including phenoxy) is 2. The van der Waals surface area contributed by atoms with Crippen LogP contribution >= 0.6 is 0 Å². The van der Waals surface area contributed by atoms with Crippen LogP contribution in [0.4, 0.5) is 4.79 Å². The molecule has 9 nitrogen and oxygen atoms in total. The molecular weight excluding hydrogens is 470 g/mol. The zero-order chi connectivity index (χ0) is 26.3. The lowest BCUT2D eigenvalue weighted by molar-refractivity contribution is -0.107. The molecule has 0 spiro atoms. The van der Waals surface area contributed by atoms with Crippen LogP contribution < -0.4 is 21.9 Å². The third kappa shape index (κ3) is 6.72. The van der Waals surface area contributed by atoms with E-state index < -0.39 is 26.6 Å². The minimum atomic E-state index is -4.57. The van der Waals surface area contributed by atoms with E-state index in [0.29, 0.717) is 24.3 Å². The van der Waals surface area contributed by atoms with Crippen molar-refractivity contribution >= 4 is 15.9 Å². The number of carbonyl (C=O) groups is 1. The average Bonchev–Trinajstić information content (AvgIpc) is 2.81. The standard InChI is InChI=1S/C25H37N3O6S/c1-23(2,14-7-17-26)15-16-25(30,35(31,32)21-12-10-20(33-3)11-13-21)24(28,34-22(27)29)18-19-8-5-4-6-9-19/h4-6,8-13,30H,7,14-18,26,28H2,1-3H3,(H2,27,29)/t24-,25+/m0/s1. The third-order valence-electron chi connectivity index (χ3n) is 6.27. The summed E-state index contributed by atoms with van der Waals surface area (Å²) in [7, 11) is -3.12. The third-order valence-corrected chi connectivity index (χ3v) is 8.60. The highest BCUT2D eigenvalue weighted by Gasteiger charge is 2.60. The first-order valence-corrected chi connectivity index (χ1v) is 12.9. The lowest BCUT2D eigenvalue weighted by Gasteiger charge is -2.44. The van der Waals surface area contributed by atoms with Crippen molar-refractivity contribution in [2.24, 2.45) is 22.6 Å². The monoisotopic (exact) mass is 507 g/mol. The zero-order valence-electron chi connectivity index (χ0n) is 20.6. The Kier molecular flexibility index (Phi) is 9.29. The molecule has 0 saturated heterocycles. The van der Waals surface area contributed by atoms with E-state index >= 15 is 0 Å². The van der Waals surface area contributed by atoms with Gasteiger partial charge in [0.15, 0.2) is 0 Å². The SMILES string of the molecule is COc1ccc(S(=O)(=O)[C@](O)(CCC(C)(C)CCCN)[C@](N)(Cc2ccccc2)OC(N)=O)cc1. The van der Waals surface area contributed by atoms with Crippen LogP contribution in [0.15, 0.2) is 59.5 Å². The Hall–Kier alpha value is -2.66. The predicted octanol–water partition coefficient (Wildman–Crippen LogP) is 2.70. The summed E-state index contributed by atoms with van der Waals surface area (Å²) in [4.78, 5) is 9.02. The van der Waals surface area contributed by atoms with Gasteiger partial charge in [0.25, 0.3) is 0 Å². The number of methoxy groups -OCH3 is 1. The lowest BCUT2D eigenvalue weighted by Crippen LogP contribution is -2.68. The summed E-state index contributed by atoms with van der Waals surface area (Å²) in [5, 5.41) is 12.0. The molecule has 194 valence electrons. The fraction of sp³-hybridized carbons (Fsp3) is 0.480. The van der Waals surface area contributed by atoms with Crippen LogP contribution in [0, 0.1) is 5.41 Å². The number of aliphatic hydroxyl groups is 1. The van der Waals surface area contributed by atoms with E-state index in [1.165, 1.54) is 31.4 Å². The quantitative estimate of drug-likeness (QED) is 0.300. The van der Waals surface area contributed by atoms with Crippen molar-refractivity contribution in [3.05, 3.63) is 60.2 Å². The molecule has 2 atom stereocenters. The van der Waals surface area contributed by atoms with Crippen molar-refractivity contribution in [3.8, 4) is 5.75 Å². The van der Waals surface area contributed by atoms with Gasteiger partial charge >= 0.3 is 6.09 Å². The minimum absolute atomic E-state index is 0.198. The predicted molar refractivity (Wildman–Crippen MR) is 134 cm³/mol. The van der Waals surface area contributed by atoms with Crippen molar-refractivity contribution in [1.82, 2.24) is 0 Å². The smallest absolute Gasteiger partial charge is 0.406 e. The second kappa shape index (κ2) is 11.4. The van der Waals surface area contributed by atoms with E-state index in [1.54, 1.807) is 30.3 Å².